The van der Waals surface area contributed by atoms with Crippen molar-refractivity contribution < 1.29 is 0 Å². The fourth-order valence-electron chi connectivity index (χ4n) is 8.52. The standard InChI is InChI=1S/C43H63P/c1-7-9-15-24-43(25-16-12-17-26-43)42(23-18-22-38(19-10-8-2)33-39-20-13-11-14-21-39)44(40-29-34(3)27-35(4)30-40)41-31-36(5)28-37(6)32-41/h11,13-14,20-21,27-32,38,42H,7-10,12,15-19,22-26,33H2,1-6H3. The van der Waals surface area contributed by atoms with Gasteiger partial charge in [0.05, 0.1) is 0 Å². The van der Waals surface area contributed by atoms with Crippen LogP contribution in [0.2, 0.25) is 0 Å². The first kappa shape index (κ1) is 35.0. The lowest BCUT2D eigenvalue weighted by Crippen LogP contribution is -2.40. The molecule has 0 N–H and O–H groups in total. The van der Waals surface area contributed by atoms with E-state index in [1.807, 2.05) is 0 Å². The third kappa shape index (κ3) is 10.0. The molecule has 0 aliphatic heterocycles. The highest BCUT2D eigenvalue weighted by Crippen LogP contribution is 2.58. The molecule has 0 spiro atoms. The average molecular weight is 611 g/mol. The number of benzene rings is 3. The van der Waals surface area contributed by atoms with E-state index in [0.29, 0.717) is 5.41 Å². The number of rotatable bonds is 17. The van der Waals surface area contributed by atoms with Crippen LogP contribution in [0.3, 0.4) is 0 Å². The molecule has 1 aliphatic rings. The molecule has 0 bridgehead atoms. The summed E-state index contributed by atoms with van der Waals surface area (Å²) >= 11 is 0. The number of hydrogen-bond acceptors (Lipinski definition) is 0. The van der Waals surface area contributed by atoms with Crippen LogP contribution in [0.5, 0.6) is 0 Å². The van der Waals surface area contributed by atoms with E-state index in [0.717, 1.165) is 11.6 Å². The minimum atomic E-state index is -0.461. The van der Waals surface area contributed by atoms with E-state index < -0.39 is 7.92 Å². The maximum absolute atomic E-state index is 2.57. The minimum Gasteiger partial charge on any atom is -0.0654 e. The van der Waals surface area contributed by atoms with Gasteiger partial charge in [-0.3, -0.25) is 0 Å². The van der Waals surface area contributed by atoms with Crippen molar-refractivity contribution in [3.63, 3.8) is 0 Å². The van der Waals surface area contributed by atoms with Crippen molar-refractivity contribution in [2.75, 3.05) is 0 Å². The molecular weight excluding hydrogens is 547 g/mol. The zero-order valence-electron chi connectivity index (χ0n) is 29.3. The second-order valence-electron chi connectivity index (χ2n) is 14.6. The third-order valence-electron chi connectivity index (χ3n) is 10.5. The van der Waals surface area contributed by atoms with Gasteiger partial charge in [-0.05, 0) is 101 Å². The van der Waals surface area contributed by atoms with E-state index in [1.165, 1.54) is 131 Å². The maximum Gasteiger partial charge on any atom is -0.00722 e. The van der Waals surface area contributed by atoms with Gasteiger partial charge in [-0.1, -0.05) is 173 Å². The van der Waals surface area contributed by atoms with Crippen LogP contribution in [0.15, 0.2) is 66.7 Å². The number of hydrogen-bond donors (Lipinski definition) is 0. The Morgan fingerprint density at radius 1 is 0.614 bits per heavy atom. The Kier molecular flexibility index (Phi) is 14.1. The molecule has 2 atom stereocenters. The second kappa shape index (κ2) is 17.7. The van der Waals surface area contributed by atoms with Crippen molar-refractivity contribution in [1.29, 1.82) is 0 Å². The van der Waals surface area contributed by atoms with E-state index in [9.17, 15) is 0 Å². The van der Waals surface area contributed by atoms with E-state index in [-0.39, 0.29) is 0 Å². The Labute approximate surface area is 273 Å². The van der Waals surface area contributed by atoms with Gasteiger partial charge in [0.1, 0.15) is 0 Å². The lowest BCUT2D eigenvalue weighted by Gasteiger charge is -2.48. The molecule has 0 saturated heterocycles. The van der Waals surface area contributed by atoms with Gasteiger partial charge in [0, 0.05) is 0 Å². The molecule has 1 fully saturated rings. The highest BCUT2D eigenvalue weighted by atomic mass is 31.1. The molecule has 2 unspecified atom stereocenters. The Bertz CT molecular complexity index is 1160. The predicted molar refractivity (Wildman–Crippen MR) is 198 cm³/mol. The molecule has 240 valence electrons. The molecule has 1 heteroatoms. The molecule has 3 aromatic carbocycles. The topological polar surface area (TPSA) is 0 Å². The summed E-state index contributed by atoms with van der Waals surface area (Å²) < 4.78 is 0. The lowest BCUT2D eigenvalue weighted by molar-refractivity contribution is 0.152. The Balaban J connectivity index is 1.74. The summed E-state index contributed by atoms with van der Waals surface area (Å²) in [7, 11) is -0.461. The first-order valence-electron chi connectivity index (χ1n) is 18.3. The largest absolute Gasteiger partial charge is 0.0654 e. The van der Waals surface area contributed by atoms with Crippen LogP contribution in [0.1, 0.15) is 138 Å². The third-order valence-corrected chi connectivity index (χ3v) is 13.6. The van der Waals surface area contributed by atoms with Crippen LogP contribution in [0.4, 0.5) is 0 Å². The highest BCUT2D eigenvalue weighted by Gasteiger charge is 2.43. The summed E-state index contributed by atoms with van der Waals surface area (Å²) in [6.45, 7) is 14.0. The molecule has 0 heterocycles. The van der Waals surface area contributed by atoms with Crippen LogP contribution < -0.4 is 10.6 Å². The van der Waals surface area contributed by atoms with Crippen molar-refractivity contribution in [3.05, 3.63) is 94.5 Å². The van der Waals surface area contributed by atoms with E-state index in [4.69, 9.17) is 0 Å². The first-order chi connectivity index (χ1) is 21.3. The zero-order valence-corrected chi connectivity index (χ0v) is 30.2. The van der Waals surface area contributed by atoms with Gasteiger partial charge < -0.3 is 0 Å². The maximum atomic E-state index is 2.57. The molecule has 3 aromatic rings. The molecule has 44 heavy (non-hydrogen) atoms. The average Bonchev–Trinajstić information content (AvgIpc) is 2.99. The normalized spacial score (nSPS) is 16.2. The summed E-state index contributed by atoms with van der Waals surface area (Å²) in [4.78, 5) is 0. The van der Waals surface area contributed by atoms with Crippen LogP contribution in [0.25, 0.3) is 0 Å². The van der Waals surface area contributed by atoms with Crippen LogP contribution in [-0.2, 0) is 6.42 Å². The van der Waals surface area contributed by atoms with Crippen molar-refractivity contribution in [3.8, 4) is 0 Å². The summed E-state index contributed by atoms with van der Waals surface area (Å²) in [6.07, 6.45) is 22.1. The second-order valence-corrected chi connectivity index (χ2v) is 17.0. The SMILES string of the molecule is CCCCCC1(C(CCCC(CCCC)Cc2ccccc2)P(c2cc(C)cc(C)c2)c2cc(C)cc(C)c2)CCCCC1. The van der Waals surface area contributed by atoms with Gasteiger partial charge in [0.25, 0.3) is 0 Å². The van der Waals surface area contributed by atoms with Crippen LogP contribution in [0, 0.1) is 39.0 Å². The van der Waals surface area contributed by atoms with Crippen molar-refractivity contribution >= 4 is 18.5 Å². The van der Waals surface area contributed by atoms with E-state index in [2.05, 4.69) is 108 Å². The Morgan fingerprint density at radius 3 is 1.70 bits per heavy atom. The van der Waals surface area contributed by atoms with Gasteiger partial charge >= 0.3 is 0 Å². The Hall–Kier alpha value is -1.91. The van der Waals surface area contributed by atoms with Crippen molar-refractivity contribution in [2.45, 2.75) is 150 Å². The zero-order chi connectivity index (χ0) is 31.4. The van der Waals surface area contributed by atoms with E-state index in [1.54, 1.807) is 10.6 Å². The summed E-state index contributed by atoms with van der Waals surface area (Å²) in [5.41, 5.74) is 8.49. The molecule has 1 aliphatic carbocycles. The van der Waals surface area contributed by atoms with Gasteiger partial charge in [0.15, 0.2) is 0 Å². The smallest absolute Gasteiger partial charge is 0.00722 e. The quantitative estimate of drug-likeness (QED) is 0.105. The molecular formula is C43H63P. The fraction of sp³-hybridized carbons (Fsp3) is 0.581. The highest BCUT2D eigenvalue weighted by molar-refractivity contribution is 7.73. The van der Waals surface area contributed by atoms with E-state index >= 15 is 0 Å². The lowest BCUT2D eigenvalue weighted by atomic mass is 9.67. The Morgan fingerprint density at radius 2 is 1.16 bits per heavy atom. The van der Waals surface area contributed by atoms with Crippen LogP contribution in [-0.4, -0.2) is 5.66 Å². The molecule has 0 nitrogen and oxygen atoms in total. The van der Waals surface area contributed by atoms with Crippen molar-refractivity contribution in [1.82, 2.24) is 0 Å². The first-order valence-corrected chi connectivity index (χ1v) is 19.7. The van der Waals surface area contributed by atoms with Gasteiger partial charge in [-0.2, -0.15) is 0 Å². The van der Waals surface area contributed by atoms with Crippen molar-refractivity contribution in [2.24, 2.45) is 11.3 Å². The fourth-order valence-corrected chi connectivity index (χ4v) is 12.3. The number of unbranched alkanes of at least 4 members (excludes halogenated alkanes) is 3. The van der Waals surface area contributed by atoms with Crippen LogP contribution >= 0.6 is 7.92 Å². The van der Waals surface area contributed by atoms with Gasteiger partial charge in [0.2, 0.25) is 0 Å². The minimum absolute atomic E-state index is 0.461. The molecule has 0 radical (unpaired) electrons. The number of aryl methyl sites for hydroxylation is 4. The summed E-state index contributed by atoms with van der Waals surface area (Å²) in [5, 5.41) is 3.28. The monoisotopic (exact) mass is 610 g/mol. The summed E-state index contributed by atoms with van der Waals surface area (Å²) in [5.74, 6) is 0.800. The van der Waals surface area contributed by atoms with Gasteiger partial charge in [-0.15, -0.1) is 0 Å². The molecule has 1 saturated carbocycles. The predicted octanol–water partition coefficient (Wildman–Crippen LogP) is 12.5. The van der Waals surface area contributed by atoms with Gasteiger partial charge in [-0.25, -0.2) is 0 Å². The molecule has 4 rings (SSSR count). The molecule has 0 amide bonds. The summed E-state index contributed by atoms with van der Waals surface area (Å²) in [6, 6.07) is 26.4. The molecule has 0 aromatic heterocycles.